The molecule has 0 saturated heterocycles. The van der Waals surface area contributed by atoms with Crippen molar-refractivity contribution in [1.29, 1.82) is 0 Å². The van der Waals surface area contributed by atoms with Crippen molar-refractivity contribution in [2.75, 3.05) is 0 Å². The summed E-state index contributed by atoms with van der Waals surface area (Å²) in [6.07, 6.45) is 0. The molecule has 0 saturated carbocycles. The molecule has 3 rings (SSSR count). The molecule has 3 aromatic rings. The predicted molar refractivity (Wildman–Crippen MR) is 79.9 cm³/mol. The van der Waals surface area contributed by atoms with Crippen LogP contribution >= 0.6 is 15.9 Å². The van der Waals surface area contributed by atoms with Crippen LogP contribution < -0.4 is 5.73 Å². The quantitative estimate of drug-likeness (QED) is 0.784. The van der Waals surface area contributed by atoms with Gasteiger partial charge in [-0.3, -0.25) is 0 Å². The van der Waals surface area contributed by atoms with E-state index in [0.717, 1.165) is 5.56 Å². The van der Waals surface area contributed by atoms with Crippen molar-refractivity contribution >= 4 is 15.9 Å². The molecule has 4 nitrogen and oxygen atoms in total. The molecule has 0 unspecified atom stereocenters. The first kappa shape index (κ1) is 13.9. The predicted octanol–water partition coefficient (Wildman–Crippen LogP) is 3.69. The van der Waals surface area contributed by atoms with Gasteiger partial charge in [0, 0.05) is 10.0 Å². The number of aromatic nitrogens is 2. The van der Waals surface area contributed by atoms with E-state index in [1.54, 1.807) is 6.07 Å². The summed E-state index contributed by atoms with van der Waals surface area (Å²) in [5.41, 5.74) is 7.48. The van der Waals surface area contributed by atoms with Gasteiger partial charge in [-0.1, -0.05) is 51.4 Å². The first-order valence-corrected chi connectivity index (χ1v) is 7.04. The highest BCUT2D eigenvalue weighted by atomic mass is 79.9. The van der Waals surface area contributed by atoms with Crippen molar-refractivity contribution in [3.8, 4) is 11.4 Å². The molecule has 0 aliphatic heterocycles. The number of halogens is 2. The number of hydrogen-bond acceptors (Lipinski definition) is 4. The van der Waals surface area contributed by atoms with E-state index in [0.29, 0.717) is 15.9 Å². The van der Waals surface area contributed by atoms with Gasteiger partial charge in [0.15, 0.2) is 0 Å². The average molecular weight is 348 g/mol. The van der Waals surface area contributed by atoms with E-state index in [1.807, 2.05) is 30.3 Å². The van der Waals surface area contributed by atoms with Crippen molar-refractivity contribution in [1.82, 2.24) is 10.1 Å². The van der Waals surface area contributed by atoms with Crippen molar-refractivity contribution < 1.29 is 8.91 Å². The fourth-order valence-electron chi connectivity index (χ4n) is 1.94. The highest BCUT2D eigenvalue weighted by molar-refractivity contribution is 9.10. The molecule has 106 valence electrons. The molecule has 0 amide bonds. The third-order valence-corrected chi connectivity index (χ3v) is 3.73. The van der Waals surface area contributed by atoms with E-state index in [-0.39, 0.29) is 11.7 Å². The Morgan fingerprint density at radius 2 is 1.90 bits per heavy atom. The minimum absolute atomic E-state index is 0.285. The Bertz CT molecular complexity index is 761. The van der Waals surface area contributed by atoms with Crippen LogP contribution in [0.3, 0.4) is 0 Å². The van der Waals surface area contributed by atoms with Crippen LogP contribution in [0.1, 0.15) is 17.5 Å². The van der Waals surface area contributed by atoms with Gasteiger partial charge in [0.05, 0.1) is 0 Å². The fourth-order valence-corrected chi connectivity index (χ4v) is 2.37. The number of nitrogens with zero attached hydrogens (tertiary/aromatic N) is 2. The zero-order valence-electron chi connectivity index (χ0n) is 10.8. The van der Waals surface area contributed by atoms with Crippen molar-refractivity contribution in [2.45, 2.75) is 6.04 Å². The molecule has 0 aliphatic carbocycles. The summed E-state index contributed by atoms with van der Waals surface area (Å²) in [6, 6.07) is 13.2. The summed E-state index contributed by atoms with van der Waals surface area (Å²) >= 11 is 3.34. The van der Waals surface area contributed by atoms with Gasteiger partial charge < -0.3 is 10.3 Å². The zero-order valence-corrected chi connectivity index (χ0v) is 12.4. The van der Waals surface area contributed by atoms with E-state index >= 15 is 0 Å². The number of hydrogen-bond donors (Lipinski definition) is 1. The van der Waals surface area contributed by atoms with Crippen LogP contribution in [0.2, 0.25) is 0 Å². The Kier molecular flexibility index (Phi) is 3.81. The Morgan fingerprint density at radius 3 is 2.67 bits per heavy atom. The maximum atomic E-state index is 13.3. The summed E-state index contributed by atoms with van der Waals surface area (Å²) in [5, 5.41) is 3.87. The molecular formula is C15H11BrFN3O. The van der Waals surface area contributed by atoms with Crippen LogP contribution in [0, 0.1) is 5.82 Å². The normalized spacial score (nSPS) is 12.3. The zero-order chi connectivity index (χ0) is 14.8. The summed E-state index contributed by atoms with van der Waals surface area (Å²) < 4.78 is 19.2. The molecule has 0 spiro atoms. The second-order valence-electron chi connectivity index (χ2n) is 4.47. The van der Waals surface area contributed by atoms with Crippen molar-refractivity contribution in [3.63, 3.8) is 0 Å². The number of nitrogens with two attached hydrogens (primary N) is 1. The first-order valence-electron chi connectivity index (χ1n) is 6.24. The van der Waals surface area contributed by atoms with Crippen molar-refractivity contribution in [2.24, 2.45) is 5.73 Å². The van der Waals surface area contributed by atoms with Gasteiger partial charge in [0.1, 0.15) is 11.9 Å². The molecular weight excluding hydrogens is 337 g/mol. The largest absolute Gasteiger partial charge is 0.337 e. The van der Waals surface area contributed by atoms with Gasteiger partial charge in [-0.2, -0.15) is 4.98 Å². The molecule has 1 aromatic heterocycles. The Hall–Kier alpha value is -2.05. The van der Waals surface area contributed by atoms with Crippen LogP contribution in [0.15, 0.2) is 57.5 Å². The van der Waals surface area contributed by atoms with Crippen LogP contribution in [0.4, 0.5) is 4.39 Å². The van der Waals surface area contributed by atoms with Gasteiger partial charge in [-0.05, 0) is 23.8 Å². The number of rotatable bonds is 3. The minimum atomic E-state index is -0.514. The first-order chi connectivity index (χ1) is 10.1. The SMILES string of the molecule is N[C@@H](c1ccccc1)c1nc(-c2cc(F)ccc2Br)no1. The Morgan fingerprint density at radius 1 is 1.14 bits per heavy atom. The lowest BCUT2D eigenvalue weighted by molar-refractivity contribution is 0.367. The summed E-state index contributed by atoms with van der Waals surface area (Å²) in [4.78, 5) is 4.26. The third kappa shape index (κ3) is 2.86. The molecule has 1 heterocycles. The summed E-state index contributed by atoms with van der Waals surface area (Å²) in [5.74, 6) is 0.210. The molecule has 0 fully saturated rings. The lowest BCUT2D eigenvalue weighted by Crippen LogP contribution is -2.11. The molecule has 0 radical (unpaired) electrons. The Labute approximate surface area is 128 Å². The van der Waals surface area contributed by atoms with Gasteiger partial charge in [0.2, 0.25) is 11.7 Å². The van der Waals surface area contributed by atoms with Crippen LogP contribution in [-0.2, 0) is 0 Å². The molecule has 6 heteroatoms. The summed E-state index contributed by atoms with van der Waals surface area (Å²) in [7, 11) is 0. The van der Waals surface area contributed by atoms with E-state index in [1.165, 1.54) is 12.1 Å². The lowest BCUT2D eigenvalue weighted by Gasteiger charge is -2.05. The molecule has 2 N–H and O–H groups in total. The maximum Gasteiger partial charge on any atom is 0.248 e. The van der Waals surface area contributed by atoms with Gasteiger partial charge in [-0.25, -0.2) is 4.39 Å². The topological polar surface area (TPSA) is 64.9 Å². The molecule has 0 aliphatic rings. The standard InChI is InChI=1S/C15H11BrFN3O/c16-12-7-6-10(17)8-11(12)14-19-15(21-20-14)13(18)9-4-2-1-3-5-9/h1-8,13H,18H2/t13-/m0/s1. The van der Waals surface area contributed by atoms with Gasteiger partial charge in [0.25, 0.3) is 0 Å². The fraction of sp³-hybridized carbons (Fsp3) is 0.0667. The molecule has 2 aromatic carbocycles. The molecule has 0 bridgehead atoms. The highest BCUT2D eigenvalue weighted by Gasteiger charge is 2.18. The summed E-state index contributed by atoms with van der Waals surface area (Å²) in [6.45, 7) is 0. The van der Waals surface area contributed by atoms with E-state index in [4.69, 9.17) is 10.3 Å². The smallest absolute Gasteiger partial charge is 0.248 e. The lowest BCUT2D eigenvalue weighted by atomic mass is 10.1. The molecule has 1 atom stereocenters. The second kappa shape index (κ2) is 5.75. The monoisotopic (exact) mass is 347 g/mol. The van der Waals surface area contributed by atoms with Gasteiger partial charge in [-0.15, -0.1) is 0 Å². The average Bonchev–Trinajstić information content (AvgIpc) is 2.99. The third-order valence-electron chi connectivity index (χ3n) is 3.04. The van der Waals surface area contributed by atoms with Crippen LogP contribution in [0.5, 0.6) is 0 Å². The van der Waals surface area contributed by atoms with E-state index in [2.05, 4.69) is 26.1 Å². The van der Waals surface area contributed by atoms with Crippen LogP contribution in [0.25, 0.3) is 11.4 Å². The minimum Gasteiger partial charge on any atom is -0.337 e. The van der Waals surface area contributed by atoms with Gasteiger partial charge >= 0.3 is 0 Å². The van der Waals surface area contributed by atoms with Crippen molar-refractivity contribution in [3.05, 3.63) is 70.3 Å². The maximum absolute atomic E-state index is 13.3. The van der Waals surface area contributed by atoms with E-state index < -0.39 is 6.04 Å². The Balaban J connectivity index is 1.95. The van der Waals surface area contributed by atoms with E-state index in [9.17, 15) is 4.39 Å². The highest BCUT2D eigenvalue weighted by Crippen LogP contribution is 2.28. The van der Waals surface area contributed by atoms with Crippen LogP contribution in [-0.4, -0.2) is 10.1 Å². The number of benzene rings is 2. The molecule has 21 heavy (non-hydrogen) atoms. The second-order valence-corrected chi connectivity index (χ2v) is 5.32.